The molecular weight excluding hydrogens is 292 g/mol. The minimum atomic E-state index is 0.803. The minimum absolute atomic E-state index is 0.803. The second kappa shape index (κ2) is 7.06. The summed E-state index contributed by atoms with van der Waals surface area (Å²) in [4.78, 5) is 4.91. The van der Waals surface area contributed by atoms with Gasteiger partial charge in [0.2, 0.25) is 0 Å². The van der Waals surface area contributed by atoms with Gasteiger partial charge < -0.3 is 9.80 Å². The summed E-state index contributed by atoms with van der Waals surface area (Å²) in [5, 5.41) is 0.803. The third-order valence-corrected chi connectivity index (χ3v) is 4.46. The predicted octanol–water partition coefficient (Wildman–Crippen LogP) is 5.49. The fraction of sp³-hybridized carbons (Fsp3) is 0.368. The Morgan fingerprint density at radius 2 is 1.82 bits per heavy atom. The number of unbranched alkanes of at least 4 members (excludes halogenated alkanes) is 1. The molecule has 1 aliphatic heterocycles. The van der Waals surface area contributed by atoms with Gasteiger partial charge in [-0.25, -0.2) is 0 Å². The standard InChI is InChI=1S/C19H23ClN2/c1-2-3-12-21-13-7-14-22(17-8-5-4-6-9-17)19-15-16(20)10-11-18(19)21/h4-6,8-11,15H,2-3,7,12-14H2,1H3. The van der Waals surface area contributed by atoms with E-state index in [2.05, 4.69) is 59.2 Å². The zero-order chi connectivity index (χ0) is 15.4. The van der Waals surface area contributed by atoms with Crippen LogP contribution in [0.25, 0.3) is 0 Å². The quantitative estimate of drug-likeness (QED) is 0.736. The van der Waals surface area contributed by atoms with Gasteiger partial charge in [-0.3, -0.25) is 0 Å². The van der Waals surface area contributed by atoms with E-state index in [0.717, 1.165) is 31.1 Å². The van der Waals surface area contributed by atoms with Crippen LogP contribution in [-0.2, 0) is 0 Å². The molecule has 0 saturated carbocycles. The highest BCUT2D eigenvalue weighted by molar-refractivity contribution is 6.31. The molecule has 3 heteroatoms. The summed E-state index contributed by atoms with van der Waals surface area (Å²) in [6, 6.07) is 16.9. The van der Waals surface area contributed by atoms with Crippen molar-refractivity contribution in [2.24, 2.45) is 0 Å². The van der Waals surface area contributed by atoms with E-state index in [4.69, 9.17) is 11.6 Å². The van der Waals surface area contributed by atoms with E-state index in [1.165, 1.54) is 29.9 Å². The summed E-state index contributed by atoms with van der Waals surface area (Å²) in [6.45, 7) is 5.50. The zero-order valence-electron chi connectivity index (χ0n) is 13.1. The fourth-order valence-electron chi connectivity index (χ4n) is 3.10. The second-order valence-electron chi connectivity index (χ2n) is 5.81. The van der Waals surface area contributed by atoms with Crippen LogP contribution in [0, 0.1) is 0 Å². The Hall–Kier alpha value is -1.67. The number of halogens is 1. The van der Waals surface area contributed by atoms with Gasteiger partial charge in [-0.05, 0) is 43.2 Å². The Labute approximate surface area is 138 Å². The van der Waals surface area contributed by atoms with E-state index in [0.29, 0.717) is 0 Å². The number of rotatable bonds is 4. The van der Waals surface area contributed by atoms with Gasteiger partial charge >= 0.3 is 0 Å². The molecule has 1 heterocycles. The maximum atomic E-state index is 6.29. The molecular formula is C19H23ClN2. The molecule has 0 aliphatic carbocycles. The van der Waals surface area contributed by atoms with Gasteiger partial charge in [-0.15, -0.1) is 0 Å². The van der Waals surface area contributed by atoms with Gasteiger partial charge in [-0.1, -0.05) is 43.1 Å². The van der Waals surface area contributed by atoms with Crippen LogP contribution in [-0.4, -0.2) is 19.6 Å². The first kappa shape index (κ1) is 15.2. The molecule has 0 aromatic heterocycles. The van der Waals surface area contributed by atoms with Crippen molar-refractivity contribution in [3.8, 4) is 0 Å². The molecule has 0 N–H and O–H groups in total. The SMILES string of the molecule is CCCCN1CCCN(c2ccccc2)c2cc(Cl)ccc21. The van der Waals surface area contributed by atoms with Crippen molar-refractivity contribution < 1.29 is 0 Å². The van der Waals surface area contributed by atoms with Crippen LogP contribution < -0.4 is 9.80 Å². The van der Waals surface area contributed by atoms with Crippen molar-refractivity contribution in [2.45, 2.75) is 26.2 Å². The highest BCUT2D eigenvalue weighted by Crippen LogP contribution is 2.38. The molecule has 0 amide bonds. The molecule has 0 radical (unpaired) electrons. The van der Waals surface area contributed by atoms with Crippen LogP contribution in [0.3, 0.4) is 0 Å². The lowest BCUT2D eigenvalue weighted by molar-refractivity contribution is 0.699. The first-order valence-corrected chi connectivity index (χ1v) is 8.54. The number of hydrogen-bond acceptors (Lipinski definition) is 2. The lowest BCUT2D eigenvalue weighted by Crippen LogP contribution is -2.24. The first-order valence-electron chi connectivity index (χ1n) is 8.16. The van der Waals surface area contributed by atoms with Crippen molar-refractivity contribution in [2.75, 3.05) is 29.4 Å². The average Bonchev–Trinajstić information content (AvgIpc) is 2.73. The van der Waals surface area contributed by atoms with E-state index in [9.17, 15) is 0 Å². The molecule has 0 fully saturated rings. The number of hydrogen-bond donors (Lipinski definition) is 0. The molecule has 1 aliphatic rings. The summed E-state index contributed by atoms with van der Waals surface area (Å²) in [6.07, 6.45) is 3.61. The van der Waals surface area contributed by atoms with Gasteiger partial charge in [0.15, 0.2) is 0 Å². The highest BCUT2D eigenvalue weighted by atomic mass is 35.5. The predicted molar refractivity (Wildman–Crippen MR) is 96.6 cm³/mol. The van der Waals surface area contributed by atoms with E-state index < -0.39 is 0 Å². The first-order chi connectivity index (χ1) is 10.8. The minimum Gasteiger partial charge on any atom is -0.370 e. The van der Waals surface area contributed by atoms with Gasteiger partial charge in [0.05, 0.1) is 11.4 Å². The third kappa shape index (κ3) is 3.22. The molecule has 2 aromatic carbocycles. The Bertz CT molecular complexity index is 612. The molecule has 0 atom stereocenters. The summed E-state index contributed by atoms with van der Waals surface area (Å²) in [5.74, 6) is 0. The van der Waals surface area contributed by atoms with Crippen LogP contribution in [0.4, 0.5) is 17.1 Å². The van der Waals surface area contributed by atoms with Gasteiger partial charge in [0.1, 0.15) is 0 Å². The average molecular weight is 315 g/mol. The molecule has 0 unspecified atom stereocenters. The summed E-state index contributed by atoms with van der Waals surface area (Å²) in [7, 11) is 0. The summed E-state index contributed by atoms with van der Waals surface area (Å²) in [5.41, 5.74) is 3.77. The second-order valence-corrected chi connectivity index (χ2v) is 6.25. The molecule has 0 saturated heterocycles. The fourth-order valence-corrected chi connectivity index (χ4v) is 3.26. The van der Waals surface area contributed by atoms with Crippen molar-refractivity contribution in [1.29, 1.82) is 0 Å². The smallest absolute Gasteiger partial charge is 0.0663 e. The molecule has 2 aromatic rings. The summed E-state index contributed by atoms with van der Waals surface area (Å²) < 4.78 is 0. The number of benzene rings is 2. The number of anilines is 3. The molecule has 3 rings (SSSR count). The normalized spacial score (nSPS) is 14.6. The Balaban J connectivity index is 2.01. The van der Waals surface area contributed by atoms with E-state index in [-0.39, 0.29) is 0 Å². The molecule has 0 bridgehead atoms. The van der Waals surface area contributed by atoms with Crippen LogP contribution in [0.5, 0.6) is 0 Å². The van der Waals surface area contributed by atoms with Crippen LogP contribution in [0.15, 0.2) is 48.5 Å². The monoisotopic (exact) mass is 314 g/mol. The largest absolute Gasteiger partial charge is 0.370 e. The van der Waals surface area contributed by atoms with Crippen molar-refractivity contribution in [3.63, 3.8) is 0 Å². The summed E-state index contributed by atoms with van der Waals surface area (Å²) >= 11 is 6.29. The lowest BCUT2D eigenvalue weighted by Gasteiger charge is -2.28. The zero-order valence-corrected chi connectivity index (χ0v) is 13.9. The number of fused-ring (bicyclic) bond motifs is 1. The molecule has 116 valence electrons. The Morgan fingerprint density at radius 1 is 1.00 bits per heavy atom. The van der Waals surface area contributed by atoms with Crippen molar-refractivity contribution >= 4 is 28.7 Å². The maximum Gasteiger partial charge on any atom is 0.0663 e. The Kier molecular flexibility index (Phi) is 4.89. The number of nitrogens with zero attached hydrogens (tertiary/aromatic N) is 2. The maximum absolute atomic E-state index is 6.29. The Morgan fingerprint density at radius 3 is 2.59 bits per heavy atom. The number of para-hydroxylation sites is 1. The van der Waals surface area contributed by atoms with Gasteiger partial charge in [0, 0.05) is 30.3 Å². The van der Waals surface area contributed by atoms with E-state index in [1.807, 2.05) is 6.07 Å². The van der Waals surface area contributed by atoms with Crippen LogP contribution in [0.1, 0.15) is 26.2 Å². The van der Waals surface area contributed by atoms with Crippen molar-refractivity contribution in [3.05, 3.63) is 53.6 Å². The van der Waals surface area contributed by atoms with Gasteiger partial charge in [-0.2, -0.15) is 0 Å². The van der Waals surface area contributed by atoms with Crippen LogP contribution >= 0.6 is 11.6 Å². The molecule has 2 nitrogen and oxygen atoms in total. The lowest BCUT2D eigenvalue weighted by atomic mass is 10.2. The van der Waals surface area contributed by atoms with Crippen molar-refractivity contribution in [1.82, 2.24) is 0 Å². The topological polar surface area (TPSA) is 6.48 Å². The van der Waals surface area contributed by atoms with E-state index in [1.54, 1.807) is 0 Å². The highest BCUT2D eigenvalue weighted by Gasteiger charge is 2.21. The molecule has 22 heavy (non-hydrogen) atoms. The van der Waals surface area contributed by atoms with Crippen LogP contribution in [0.2, 0.25) is 5.02 Å². The third-order valence-electron chi connectivity index (χ3n) is 4.23. The molecule has 0 spiro atoms. The van der Waals surface area contributed by atoms with E-state index >= 15 is 0 Å². The van der Waals surface area contributed by atoms with Gasteiger partial charge in [0.25, 0.3) is 0 Å².